The molecular formula is C23H29NO4. The lowest BCUT2D eigenvalue weighted by Crippen LogP contribution is -2.52. The molecule has 150 valence electrons. The van der Waals surface area contributed by atoms with E-state index >= 15 is 0 Å². The lowest BCUT2D eigenvalue weighted by Gasteiger charge is -2.43. The van der Waals surface area contributed by atoms with Crippen molar-refractivity contribution in [3.63, 3.8) is 0 Å². The van der Waals surface area contributed by atoms with E-state index in [1.54, 1.807) is 13.8 Å². The second-order valence-electron chi connectivity index (χ2n) is 8.42. The lowest BCUT2D eigenvalue weighted by atomic mass is 9.82. The van der Waals surface area contributed by atoms with Crippen LogP contribution < -0.4 is 0 Å². The van der Waals surface area contributed by atoms with Gasteiger partial charge in [-0.3, -0.25) is 4.90 Å². The summed E-state index contributed by atoms with van der Waals surface area (Å²) in [5.41, 5.74) is 2.48. The third kappa shape index (κ3) is 3.38. The molecule has 3 atom stereocenters. The molecule has 0 amide bonds. The van der Waals surface area contributed by atoms with Crippen molar-refractivity contribution >= 4 is 0 Å². The summed E-state index contributed by atoms with van der Waals surface area (Å²) in [5.74, 6) is 0. The number of likely N-dealkylation sites (tertiary alicyclic amines) is 1. The molecule has 2 aliphatic heterocycles. The number of nitrogens with zero attached hydrogens (tertiary/aromatic N) is 1. The van der Waals surface area contributed by atoms with Crippen molar-refractivity contribution in [1.29, 1.82) is 0 Å². The van der Waals surface area contributed by atoms with Crippen LogP contribution in [0.3, 0.4) is 0 Å². The standard InChI is InChI=1S/C23H29NO4/c1-16-13-17(9-10-19(16)22(2,3)26)21(25)24-12-11-23(18-7-5-4-6-8-18)20(14-24)27-15-28-23/h4-10,13,20-21,25-26H,11-12,14-15H2,1-3H3/t20?,21?,23-/m1/s1. The van der Waals surface area contributed by atoms with Crippen LogP contribution in [-0.2, 0) is 20.7 Å². The van der Waals surface area contributed by atoms with Gasteiger partial charge in [0.1, 0.15) is 24.7 Å². The van der Waals surface area contributed by atoms with Crippen LogP contribution in [0.1, 0.15) is 48.8 Å². The third-order valence-electron chi connectivity index (χ3n) is 6.09. The maximum atomic E-state index is 11.0. The molecule has 0 aliphatic carbocycles. The number of hydrogen-bond acceptors (Lipinski definition) is 5. The Morgan fingerprint density at radius 1 is 1.18 bits per heavy atom. The van der Waals surface area contributed by atoms with Crippen molar-refractivity contribution in [1.82, 2.24) is 4.90 Å². The summed E-state index contributed by atoms with van der Waals surface area (Å²) in [6.07, 6.45) is -0.0676. The Morgan fingerprint density at radius 3 is 2.61 bits per heavy atom. The first-order valence-electron chi connectivity index (χ1n) is 9.88. The second-order valence-corrected chi connectivity index (χ2v) is 8.42. The minimum atomic E-state index is -0.900. The van der Waals surface area contributed by atoms with Gasteiger partial charge in [-0.25, -0.2) is 0 Å². The normalized spacial score (nSPS) is 26.8. The molecule has 0 saturated carbocycles. The van der Waals surface area contributed by atoms with E-state index in [2.05, 4.69) is 12.1 Å². The van der Waals surface area contributed by atoms with Crippen molar-refractivity contribution in [2.24, 2.45) is 0 Å². The van der Waals surface area contributed by atoms with E-state index in [9.17, 15) is 10.2 Å². The Bertz CT molecular complexity index is 832. The number of aliphatic hydroxyl groups excluding tert-OH is 1. The highest BCUT2D eigenvalue weighted by molar-refractivity contribution is 5.35. The van der Waals surface area contributed by atoms with Gasteiger partial charge >= 0.3 is 0 Å². The molecule has 2 heterocycles. The Labute approximate surface area is 166 Å². The molecule has 5 heteroatoms. The molecule has 0 aromatic heterocycles. The predicted molar refractivity (Wildman–Crippen MR) is 107 cm³/mol. The van der Waals surface area contributed by atoms with Crippen molar-refractivity contribution in [2.45, 2.75) is 50.7 Å². The van der Waals surface area contributed by atoms with Crippen molar-refractivity contribution in [2.75, 3.05) is 19.9 Å². The Balaban J connectivity index is 1.54. The molecule has 2 aliphatic rings. The highest BCUT2D eigenvalue weighted by atomic mass is 16.7. The molecule has 2 fully saturated rings. The van der Waals surface area contributed by atoms with Crippen LogP contribution in [0.25, 0.3) is 0 Å². The van der Waals surface area contributed by atoms with E-state index in [4.69, 9.17) is 9.47 Å². The van der Waals surface area contributed by atoms with Gasteiger partial charge in [-0.2, -0.15) is 0 Å². The zero-order chi connectivity index (χ0) is 19.9. The fourth-order valence-corrected chi connectivity index (χ4v) is 4.60. The number of aryl methyl sites for hydroxylation is 1. The molecule has 28 heavy (non-hydrogen) atoms. The van der Waals surface area contributed by atoms with E-state index < -0.39 is 17.4 Å². The highest BCUT2D eigenvalue weighted by Gasteiger charge is 2.51. The average Bonchev–Trinajstić information content (AvgIpc) is 3.11. The topological polar surface area (TPSA) is 62.2 Å². The minimum Gasteiger partial charge on any atom is -0.386 e. The van der Waals surface area contributed by atoms with Crippen LogP contribution in [0.5, 0.6) is 0 Å². The third-order valence-corrected chi connectivity index (χ3v) is 6.09. The average molecular weight is 383 g/mol. The molecule has 2 N–H and O–H groups in total. The van der Waals surface area contributed by atoms with Crippen LogP contribution in [0, 0.1) is 6.92 Å². The van der Waals surface area contributed by atoms with Gasteiger partial charge < -0.3 is 19.7 Å². The molecule has 2 aromatic rings. The highest BCUT2D eigenvalue weighted by Crippen LogP contribution is 2.43. The van der Waals surface area contributed by atoms with Crippen molar-refractivity contribution < 1.29 is 19.7 Å². The molecule has 4 rings (SSSR count). The molecule has 2 saturated heterocycles. The number of piperidine rings is 1. The van der Waals surface area contributed by atoms with Gasteiger partial charge in [0.15, 0.2) is 0 Å². The molecule has 0 radical (unpaired) electrons. The summed E-state index contributed by atoms with van der Waals surface area (Å²) in [6.45, 7) is 7.11. The number of fused-ring (bicyclic) bond motifs is 1. The molecule has 2 unspecified atom stereocenters. The number of aliphatic hydroxyl groups is 2. The van der Waals surface area contributed by atoms with Gasteiger partial charge in [0.25, 0.3) is 0 Å². The van der Waals surface area contributed by atoms with Crippen LogP contribution >= 0.6 is 0 Å². The van der Waals surface area contributed by atoms with Gasteiger partial charge in [0.2, 0.25) is 0 Å². The summed E-state index contributed by atoms with van der Waals surface area (Å²) in [5, 5.41) is 21.3. The largest absolute Gasteiger partial charge is 0.386 e. The van der Waals surface area contributed by atoms with E-state index in [0.717, 1.165) is 28.7 Å². The summed E-state index contributed by atoms with van der Waals surface area (Å²) in [4.78, 5) is 2.04. The zero-order valence-electron chi connectivity index (χ0n) is 16.8. The Hall–Kier alpha value is -1.76. The van der Waals surface area contributed by atoms with Crippen LogP contribution in [0.15, 0.2) is 48.5 Å². The van der Waals surface area contributed by atoms with E-state index in [0.29, 0.717) is 13.1 Å². The maximum Gasteiger partial charge on any atom is 0.148 e. The summed E-state index contributed by atoms with van der Waals surface area (Å²) in [6, 6.07) is 16.0. The Morgan fingerprint density at radius 2 is 1.93 bits per heavy atom. The fraction of sp³-hybridized carbons (Fsp3) is 0.478. The smallest absolute Gasteiger partial charge is 0.148 e. The van der Waals surface area contributed by atoms with Crippen molar-refractivity contribution in [3.05, 3.63) is 70.8 Å². The summed E-state index contributed by atoms with van der Waals surface area (Å²) < 4.78 is 12.0. The first-order chi connectivity index (χ1) is 13.3. The second kappa shape index (κ2) is 7.25. The molecule has 0 spiro atoms. The molecular weight excluding hydrogens is 354 g/mol. The van der Waals surface area contributed by atoms with E-state index in [-0.39, 0.29) is 12.9 Å². The number of benzene rings is 2. The first kappa shape index (κ1) is 19.6. The van der Waals surface area contributed by atoms with Crippen LogP contribution in [0.2, 0.25) is 0 Å². The van der Waals surface area contributed by atoms with Gasteiger partial charge in [-0.15, -0.1) is 0 Å². The van der Waals surface area contributed by atoms with Gasteiger partial charge in [-0.05, 0) is 49.4 Å². The number of hydrogen-bond donors (Lipinski definition) is 2. The Kier molecular flexibility index (Phi) is 5.06. The van der Waals surface area contributed by atoms with Gasteiger partial charge in [-0.1, -0.05) is 48.5 Å². The lowest BCUT2D eigenvalue weighted by molar-refractivity contribution is -0.0948. The summed E-state index contributed by atoms with van der Waals surface area (Å²) >= 11 is 0. The molecule has 2 aromatic carbocycles. The molecule has 0 bridgehead atoms. The number of ether oxygens (including phenoxy) is 2. The maximum absolute atomic E-state index is 11.0. The fourth-order valence-electron chi connectivity index (χ4n) is 4.60. The zero-order valence-corrected chi connectivity index (χ0v) is 16.8. The SMILES string of the molecule is Cc1cc(C(O)N2CC[C@]3(c4ccccc4)OCOC3C2)ccc1C(C)(C)O. The van der Waals surface area contributed by atoms with Crippen LogP contribution in [0.4, 0.5) is 0 Å². The van der Waals surface area contributed by atoms with Crippen molar-refractivity contribution in [3.8, 4) is 0 Å². The van der Waals surface area contributed by atoms with Crippen LogP contribution in [-0.4, -0.2) is 41.1 Å². The van der Waals surface area contributed by atoms with Gasteiger partial charge in [0, 0.05) is 13.1 Å². The molecule has 5 nitrogen and oxygen atoms in total. The quantitative estimate of drug-likeness (QED) is 0.849. The summed E-state index contributed by atoms with van der Waals surface area (Å²) in [7, 11) is 0. The number of rotatable bonds is 4. The van der Waals surface area contributed by atoms with E-state index in [1.165, 1.54) is 0 Å². The predicted octanol–water partition coefficient (Wildman–Crippen LogP) is 3.19. The van der Waals surface area contributed by atoms with E-state index in [1.807, 2.05) is 48.2 Å². The monoisotopic (exact) mass is 383 g/mol. The van der Waals surface area contributed by atoms with Gasteiger partial charge in [0.05, 0.1) is 5.60 Å². The minimum absolute atomic E-state index is 0.116. The first-order valence-corrected chi connectivity index (χ1v) is 9.88.